The lowest BCUT2D eigenvalue weighted by Crippen LogP contribution is -2.42. The van der Waals surface area contributed by atoms with Gasteiger partial charge in [-0.05, 0) is 26.0 Å². The minimum atomic E-state index is 0. The van der Waals surface area contributed by atoms with Gasteiger partial charge in [-0.3, -0.25) is 9.89 Å². The summed E-state index contributed by atoms with van der Waals surface area (Å²) in [5.74, 6) is 0.757. The van der Waals surface area contributed by atoms with Crippen molar-refractivity contribution in [3.05, 3.63) is 21.9 Å². The number of hydrogen-bond acceptors (Lipinski definition) is 5. The van der Waals surface area contributed by atoms with Crippen molar-refractivity contribution in [3.63, 3.8) is 0 Å². The SMILES string of the molecule is CCNC(=NCC(c1ccc(C)s1)N1CCOCC1)NCCO.I. The van der Waals surface area contributed by atoms with Crippen LogP contribution in [-0.4, -0.2) is 68.5 Å². The number of aliphatic hydroxyl groups excluding tert-OH is 1. The molecule has 0 saturated carbocycles. The van der Waals surface area contributed by atoms with Gasteiger partial charge in [0.1, 0.15) is 0 Å². The smallest absolute Gasteiger partial charge is 0.191 e. The standard InChI is InChI=1S/C16H28N4O2S.HI/c1-3-17-16(18-6-9-21)19-12-14(15-5-4-13(2)23-15)20-7-10-22-11-8-20;/h4-5,14,21H,3,6-12H2,1-2H3,(H2,17,18,19);1H. The lowest BCUT2D eigenvalue weighted by molar-refractivity contribution is 0.0186. The lowest BCUT2D eigenvalue weighted by atomic mass is 10.2. The van der Waals surface area contributed by atoms with Gasteiger partial charge in [-0.15, -0.1) is 35.3 Å². The van der Waals surface area contributed by atoms with Gasteiger partial charge in [0.05, 0.1) is 32.4 Å². The third-order valence-corrected chi connectivity index (χ3v) is 4.85. The fraction of sp³-hybridized carbons (Fsp3) is 0.688. The molecule has 1 saturated heterocycles. The molecule has 138 valence electrons. The molecule has 24 heavy (non-hydrogen) atoms. The first kappa shape index (κ1) is 21.6. The van der Waals surface area contributed by atoms with Crippen LogP contribution in [0.4, 0.5) is 0 Å². The summed E-state index contributed by atoms with van der Waals surface area (Å²) in [6.07, 6.45) is 0. The van der Waals surface area contributed by atoms with Crippen molar-refractivity contribution < 1.29 is 9.84 Å². The second-order valence-electron chi connectivity index (χ2n) is 5.48. The molecule has 1 unspecified atom stereocenters. The number of aliphatic imine (C=N–C) groups is 1. The highest BCUT2D eigenvalue weighted by Gasteiger charge is 2.23. The van der Waals surface area contributed by atoms with E-state index in [1.165, 1.54) is 9.75 Å². The number of morpholine rings is 1. The van der Waals surface area contributed by atoms with Crippen molar-refractivity contribution in [1.29, 1.82) is 0 Å². The number of rotatable bonds is 7. The quantitative estimate of drug-likeness (QED) is 0.322. The molecular weight excluding hydrogens is 439 g/mol. The van der Waals surface area contributed by atoms with Crippen molar-refractivity contribution >= 4 is 41.3 Å². The molecule has 0 spiro atoms. The monoisotopic (exact) mass is 468 g/mol. The Bertz CT molecular complexity index is 492. The largest absolute Gasteiger partial charge is 0.395 e. The van der Waals surface area contributed by atoms with Crippen molar-refractivity contribution in [1.82, 2.24) is 15.5 Å². The van der Waals surface area contributed by atoms with Gasteiger partial charge < -0.3 is 20.5 Å². The maximum Gasteiger partial charge on any atom is 0.191 e. The van der Waals surface area contributed by atoms with Gasteiger partial charge in [-0.1, -0.05) is 0 Å². The zero-order valence-electron chi connectivity index (χ0n) is 14.5. The highest BCUT2D eigenvalue weighted by molar-refractivity contribution is 14.0. The van der Waals surface area contributed by atoms with Crippen LogP contribution in [0.25, 0.3) is 0 Å². The van der Waals surface area contributed by atoms with E-state index in [2.05, 4.69) is 34.6 Å². The molecule has 1 atom stereocenters. The van der Waals surface area contributed by atoms with E-state index in [1.807, 2.05) is 18.3 Å². The Morgan fingerprint density at radius 3 is 2.71 bits per heavy atom. The average molecular weight is 468 g/mol. The maximum atomic E-state index is 8.98. The maximum absolute atomic E-state index is 8.98. The van der Waals surface area contributed by atoms with Gasteiger partial charge in [0.25, 0.3) is 0 Å². The Morgan fingerprint density at radius 1 is 1.38 bits per heavy atom. The van der Waals surface area contributed by atoms with Gasteiger partial charge in [-0.25, -0.2) is 0 Å². The summed E-state index contributed by atoms with van der Waals surface area (Å²) in [4.78, 5) is 9.85. The van der Waals surface area contributed by atoms with E-state index < -0.39 is 0 Å². The molecule has 0 amide bonds. The van der Waals surface area contributed by atoms with E-state index in [9.17, 15) is 0 Å². The van der Waals surface area contributed by atoms with E-state index in [-0.39, 0.29) is 36.6 Å². The van der Waals surface area contributed by atoms with Gasteiger partial charge >= 0.3 is 0 Å². The number of nitrogens with zero attached hydrogens (tertiary/aromatic N) is 2. The second kappa shape index (κ2) is 12.0. The number of nitrogens with one attached hydrogen (secondary N) is 2. The molecule has 8 heteroatoms. The number of hydrogen-bond donors (Lipinski definition) is 3. The van der Waals surface area contributed by atoms with E-state index in [0.29, 0.717) is 13.1 Å². The Labute approximate surface area is 165 Å². The number of guanidine groups is 1. The van der Waals surface area contributed by atoms with Crippen LogP contribution < -0.4 is 10.6 Å². The first-order valence-electron chi connectivity index (χ1n) is 8.25. The van der Waals surface area contributed by atoms with Crippen molar-refractivity contribution in [2.75, 3.05) is 52.5 Å². The summed E-state index contributed by atoms with van der Waals surface area (Å²) in [6, 6.07) is 4.66. The van der Waals surface area contributed by atoms with E-state index in [4.69, 9.17) is 14.8 Å². The normalized spacial score (nSPS) is 17.2. The molecule has 3 N–H and O–H groups in total. The molecule has 1 fully saturated rings. The topological polar surface area (TPSA) is 69.1 Å². The molecule has 0 aliphatic carbocycles. The zero-order chi connectivity index (χ0) is 16.5. The molecule has 1 aromatic rings. The molecule has 0 bridgehead atoms. The van der Waals surface area contributed by atoms with Crippen LogP contribution in [0.1, 0.15) is 22.7 Å². The van der Waals surface area contributed by atoms with E-state index >= 15 is 0 Å². The van der Waals surface area contributed by atoms with Gasteiger partial charge in [0, 0.05) is 35.9 Å². The molecule has 6 nitrogen and oxygen atoms in total. The van der Waals surface area contributed by atoms with Gasteiger partial charge in [-0.2, -0.15) is 0 Å². The van der Waals surface area contributed by atoms with Crippen LogP contribution in [-0.2, 0) is 4.74 Å². The predicted molar refractivity (Wildman–Crippen MR) is 111 cm³/mol. The number of aryl methyl sites for hydroxylation is 1. The van der Waals surface area contributed by atoms with Crippen LogP contribution in [0, 0.1) is 6.92 Å². The highest BCUT2D eigenvalue weighted by atomic mass is 127. The lowest BCUT2D eigenvalue weighted by Gasteiger charge is -2.33. The minimum Gasteiger partial charge on any atom is -0.395 e. The number of thiophene rings is 1. The van der Waals surface area contributed by atoms with Crippen molar-refractivity contribution in [3.8, 4) is 0 Å². The molecular formula is C16H29IN4O2S. The summed E-state index contributed by atoms with van der Waals surface area (Å²) in [6.45, 7) is 9.74. The van der Waals surface area contributed by atoms with Crippen LogP contribution in [0.3, 0.4) is 0 Å². The van der Waals surface area contributed by atoms with Gasteiger partial charge in [0.2, 0.25) is 0 Å². The summed E-state index contributed by atoms with van der Waals surface area (Å²) in [7, 11) is 0. The third-order valence-electron chi connectivity index (χ3n) is 3.75. The van der Waals surface area contributed by atoms with Crippen LogP contribution in [0.5, 0.6) is 0 Å². The predicted octanol–water partition coefficient (Wildman–Crippen LogP) is 1.60. The fourth-order valence-electron chi connectivity index (χ4n) is 2.60. The second-order valence-corrected chi connectivity index (χ2v) is 6.80. The summed E-state index contributed by atoms with van der Waals surface area (Å²) < 4.78 is 5.48. The fourth-order valence-corrected chi connectivity index (χ4v) is 3.60. The summed E-state index contributed by atoms with van der Waals surface area (Å²) >= 11 is 1.84. The molecule has 2 rings (SSSR count). The Kier molecular flexibility index (Phi) is 10.8. The molecule has 0 aromatic carbocycles. The molecule has 0 radical (unpaired) electrons. The molecule has 1 aromatic heterocycles. The van der Waals surface area contributed by atoms with E-state index in [1.54, 1.807) is 0 Å². The van der Waals surface area contributed by atoms with Gasteiger partial charge in [0.15, 0.2) is 5.96 Å². The van der Waals surface area contributed by atoms with Crippen LogP contribution in [0.2, 0.25) is 0 Å². The first-order chi connectivity index (χ1) is 11.2. The molecule has 1 aliphatic heterocycles. The third kappa shape index (κ3) is 6.83. The summed E-state index contributed by atoms with van der Waals surface area (Å²) in [5.41, 5.74) is 0. The first-order valence-corrected chi connectivity index (χ1v) is 9.07. The summed E-state index contributed by atoms with van der Waals surface area (Å²) in [5, 5.41) is 15.3. The highest BCUT2D eigenvalue weighted by Crippen LogP contribution is 2.28. The Hall–Kier alpha value is -0.420. The Morgan fingerprint density at radius 2 is 2.12 bits per heavy atom. The number of ether oxygens (including phenoxy) is 1. The van der Waals surface area contributed by atoms with Crippen LogP contribution in [0.15, 0.2) is 17.1 Å². The molecule has 2 heterocycles. The minimum absolute atomic E-state index is 0. The molecule has 1 aliphatic rings. The Balaban J connectivity index is 0.00000288. The van der Waals surface area contributed by atoms with E-state index in [0.717, 1.165) is 38.8 Å². The van der Waals surface area contributed by atoms with Crippen molar-refractivity contribution in [2.24, 2.45) is 4.99 Å². The zero-order valence-corrected chi connectivity index (χ0v) is 17.6. The van der Waals surface area contributed by atoms with Crippen molar-refractivity contribution in [2.45, 2.75) is 19.9 Å². The average Bonchev–Trinajstić information content (AvgIpc) is 3.00. The number of aliphatic hydroxyl groups is 1. The number of halogens is 1. The van der Waals surface area contributed by atoms with Crippen LogP contribution >= 0.6 is 35.3 Å².